The lowest BCUT2D eigenvalue weighted by atomic mass is 10.0. The highest BCUT2D eigenvalue weighted by Crippen LogP contribution is 2.27. The fourth-order valence-corrected chi connectivity index (χ4v) is 2.01. The van der Waals surface area contributed by atoms with E-state index in [1.54, 1.807) is 24.5 Å². The minimum absolute atomic E-state index is 0.211. The molecule has 0 fully saturated rings. The summed E-state index contributed by atoms with van der Waals surface area (Å²) in [5, 5.41) is 0. The first-order chi connectivity index (χ1) is 9.61. The van der Waals surface area contributed by atoms with Crippen molar-refractivity contribution in [1.82, 2.24) is 4.98 Å². The van der Waals surface area contributed by atoms with Crippen molar-refractivity contribution >= 4 is 0 Å². The maximum absolute atomic E-state index is 13.8. The summed E-state index contributed by atoms with van der Waals surface area (Å²) in [4.78, 5) is 3.98. The molecule has 0 spiro atoms. The highest BCUT2D eigenvalue weighted by Gasteiger charge is 2.21. The van der Waals surface area contributed by atoms with Crippen molar-refractivity contribution < 1.29 is 9.13 Å². The zero-order chi connectivity index (χ0) is 14.5. The Labute approximate surface area is 118 Å². The van der Waals surface area contributed by atoms with Gasteiger partial charge in [0.2, 0.25) is 0 Å². The molecule has 0 saturated carbocycles. The van der Waals surface area contributed by atoms with Crippen LogP contribution in [0.3, 0.4) is 0 Å². The van der Waals surface area contributed by atoms with E-state index in [0.717, 1.165) is 17.5 Å². The molecular formula is C16H19FN2O. The third-order valence-electron chi connectivity index (χ3n) is 3.24. The van der Waals surface area contributed by atoms with Crippen LogP contribution in [0.15, 0.2) is 42.7 Å². The van der Waals surface area contributed by atoms with Gasteiger partial charge in [0.15, 0.2) is 11.6 Å². The summed E-state index contributed by atoms with van der Waals surface area (Å²) in [6, 6.07) is 8.28. The maximum Gasteiger partial charge on any atom is 0.165 e. The van der Waals surface area contributed by atoms with Crippen LogP contribution < -0.4 is 10.5 Å². The Morgan fingerprint density at radius 2 is 1.95 bits per heavy atom. The van der Waals surface area contributed by atoms with Gasteiger partial charge in [0.1, 0.15) is 6.10 Å². The number of aromatic nitrogens is 1. The molecule has 0 aliphatic carbocycles. The standard InChI is InChI=1S/C16H19FN2O/c1-3-14(18)16(12-6-8-19-9-7-12)20-15-10-11(2)4-5-13(15)17/h4-10,14,16H,3,18H2,1-2H3. The van der Waals surface area contributed by atoms with Gasteiger partial charge in [-0.15, -0.1) is 0 Å². The zero-order valence-corrected chi connectivity index (χ0v) is 11.7. The Morgan fingerprint density at radius 1 is 1.25 bits per heavy atom. The molecule has 0 saturated heterocycles. The zero-order valence-electron chi connectivity index (χ0n) is 11.7. The van der Waals surface area contributed by atoms with E-state index in [1.165, 1.54) is 6.07 Å². The Bertz CT molecular complexity index is 560. The van der Waals surface area contributed by atoms with Crippen molar-refractivity contribution in [2.45, 2.75) is 32.4 Å². The minimum Gasteiger partial charge on any atom is -0.481 e. The smallest absolute Gasteiger partial charge is 0.165 e. The average molecular weight is 274 g/mol. The molecule has 2 rings (SSSR count). The first kappa shape index (κ1) is 14.5. The minimum atomic E-state index is -0.390. The first-order valence-electron chi connectivity index (χ1n) is 6.70. The van der Waals surface area contributed by atoms with Crippen molar-refractivity contribution in [3.8, 4) is 5.75 Å². The van der Waals surface area contributed by atoms with E-state index >= 15 is 0 Å². The van der Waals surface area contributed by atoms with E-state index in [-0.39, 0.29) is 23.7 Å². The van der Waals surface area contributed by atoms with E-state index < -0.39 is 0 Å². The number of hydrogen-bond acceptors (Lipinski definition) is 3. The molecule has 0 aliphatic heterocycles. The molecule has 2 atom stereocenters. The van der Waals surface area contributed by atoms with E-state index in [9.17, 15) is 4.39 Å². The Balaban J connectivity index is 2.31. The van der Waals surface area contributed by atoms with Crippen molar-refractivity contribution in [2.75, 3.05) is 0 Å². The van der Waals surface area contributed by atoms with Crippen molar-refractivity contribution in [2.24, 2.45) is 5.73 Å². The van der Waals surface area contributed by atoms with Crippen LogP contribution in [0.4, 0.5) is 4.39 Å². The number of hydrogen-bond donors (Lipinski definition) is 1. The number of nitrogens with zero attached hydrogens (tertiary/aromatic N) is 1. The van der Waals surface area contributed by atoms with Crippen molar-refractivity contribution in [3.05, 3.63) is 59.7 Å². The molecule has 2 unspecified atom stereocenters. The number of pyridine rings is 1. The van der Waals surface area contributed by atoms with Crippen LogP contribution >= 0.6 is 0 Å². The van der Waals surface area contributed by atoms with Crippen LogP contribution in [0.25, 0.3) is 0 Å². The first-order valence-corrected chi connectivity index (χ1v) is 6.70. The molecule has 0 amide bonds. The quantitative estimate of drug-likeness (QED) is 0.909. The van der Waals surface area contributed by atoms with Gasteiger partial charge >= 0.3 is 0 Å². The van der Waals surface area contributed by atoms with Gasteiger partial charge in [0.25, 0.3) is 0 Å². The summed E-state index contributed by atoms with van der Waals surface area (Å²) in [5.74, 6) is -0.145. The van der Waals surface area contributed by atoms with E-state index in [4.69, 9.17) is 10.5 Å². The van der Waals surface area contributed by atoms with Gasteiger partial charge in [-0.2, -0.15) is 0 Å². The number of benzene rings is 1. The summed E-state index contributed by atoms with van der Waals surface area (Å²) in [7, 11) is 0. The third kappa shape index (κ3) is 3.33. The lowest BCUT2D eigenvalue weighted by Gasteiger charge is -2.25. The monoisotopic (exact) mass is 274 g/mol. The number of halogens is 1. The van der Waals surface area contributed by atoms with Crippen LogP contribution in [-0.2, 0) is 0 Å². The summed E-state index contributed by atoms with van der Waals surface area (Å²) in [6.07, 6.45) is 3.71. The number of nitrogens with two attached hydrogens (primary N) is 1. The fourth-order valence-electron chi connectivity index (χ4n) is 2.01. The molecule has 1 heterocycles. The van der Waals surface area contributed by atoms with Gasteiger partial charge < -0.3 is 10.5 Å². The molecular weight excluding hydrogens is 255 g/mol. The molecule has 106 valence electrons. The second kappa shape index (κ2) is 6.48. The molecule has 1 aromatic carbocycles. The third-order valence-corrected chi connectivity index (χ3v) is 3.24. The van der Waals surface area contributed by atoms with Crippen LogP contribution in [0, 0.1) is 12.7 Å². The van der Waals surface area contributed by atoms with E-state index in [0.29, 0.717) is 0 Å². The highest BCUT2D eigenvalue weighted by atomic mass is 19.1. The second-order valence-electron chi connectivity index (χ2n) is 4.82. The molecule has 20 heavy (non-hydrogen) atoms. The van der Waals surface area contributed by atoms with Gasteiger partial charge in [-0.3, -0.25) is 4.98 Å². The SMILES string of the molecule is CCC(N)C(Oc1cc(C)ccc1F)c1ccncc1. The lowest BCUT2D eigenvalue weighted by Crippen LogP contribution is -2.31. The van der Waals surface area contributed by atoms with Crippen molar-refractivity contribution in [1.29, 1.82) is 0 Å². The molecule has 0 bridgehead atoms. The largest absolute Gasteiger partial charge is 0.481 e. The molecule has 0 radical (unpaired) electrons. The lowest BCUT2D eigenvalue weighted by molar-refractivity contribution is 0.163. The summed E-state index contributed by atoms with van der Waals surface area (Å²) < 4.78 is 19.7. The fraction of sp³-hybridized carbons (Fsp3) is 0.312. The van der Waals surface area contributed by atoms with Gasteiger partial charge in [-0.05, 0) is 48.7 Å². The average Bonchev–Trinajstić information content (AvgIpc) is 2.48. The Kier molecular flexibility index (Phi) is 4.69. The Hall–Kier alpha value is -1.94. The molecule has 4 heteroatoms. The topological polar surface area (TPSA) is 48.1 Å². The van der Waals surface area contributed by atoms with Gasteiger partial charge in [0, 0.05) is 18.4 Å². The summed E-state index contributed by atoms with van der Waals surface area (Å²) in [5.41, 5.74) is 7.96. The predicted molar refractivity (Wildman–Crippen MR) is 77.0 cm³/mol. The van der Waals surface area contributed by atoms with Gasteiger partial charge in [0.05, 0.1) is 0 Å². The predicted octanol–water partition coefficient (Wildman–Crippen LogP) is 3.39. The number of aryl methyl sites for hydroxylation is 1. The molecule has 3 nitrogen and oxygen atoms in total. The summed E-state index contributed by atoms with van der Waals surface area (Å²) in [6.45, 7) is 3.88. The summed E-state index contributed by atoms with van der Waals surface area (Å²) >= 11 is 0. The van der Waals surface area contributed by atoms with E-state index in [2.05, 4.69) is 4.98 Å². The second-order valence-corrected chi connectivity index (χ2v) is 4.82. The van der Waals surface area contributed by atoms with E-state index in [1.807, 2.05) is 26.0 Å². The highest BCUT2D eigenvalue weighted by molar-refractivity contribution is 5.30. The van der Waals surface area contributed by atoms with Crippen LogP contribution in [0.1, 0.15) is 30.6 Å². The normalized spacial score (nSPS) is 13.8. The van der Waals surface area contributed by atoms with Crippen LogP contribution in [0.5, 0.6) is 5.75 Å². The number of ether oxygens (including phenoxy) is 1. The van der Waals surface area contributed by atoms with Gasteiger partial charge in [-0.1, -0.05) is 13.0 Å². The molecule has 2 N–H and O–H groups in total. The molecule has 0 aliphatic rings. The van der Waals surface area contributed by atoms with Crippen LogP contribution in [0.2, 0.25) is 0 Å². The van der Waals surface area contributed by atoms with Crippen molar-refractivity contribution in [3.63, 3.8) is 0 Å². The molecule has 2 aromatic rings. The van der Waals surface area contributed by atoms with Gasteiger partial charge in [-0.25, -0.2) is 4.39 Å². The maximum atomic E-state index is 13.8. The number of rotatable bonds is 5. The molecule has 1 aromatic heterocycles. The van der Waals surface area contributed by atoms with Crippen LogP contribution in [-0.4, -0.2) is 11.0 Å². The Morgan fingerprint density at radius 3 is 2.60 bits per heavy atom.